The van der Waals surface area contributed by atoms with Crippen LogP contribution in [-0.2, 0) is 0 Å². The second-order valence-corrected chi connectivity index (χ2v) is 9.23. The van der Waals surface area contributed by atoms with E-state index in [2.05, 4.69) is 82.6 Å². The molecule has 0 aliphatic carbocycles. The molecule has 4 heteroatoms. The number of piperidine rings is 2. The third kappa shape index (κ3) is 3.99. The molecular formula is C26H34N4. The SMILES string of the molecule is Cc1c(-c2cccc(N3CCC(NC4CCN(C)CC4)CC3)c2)[nH]c2ccccc12. The zero-order valence-electron chi connectivity index (χ0n) is 18.3. The maximum Gasteiger partial charge on any atom is 0.0495 e. The number of benzene rings is 2. The van der Waals surface area contributed by atoms with Crippen molar-refractivity contribution < 1.29 is 0 Å². The second kappa shape index (κ2) is 8.44. The van der Waals surface area contributed by atoms with E-state index >= 15 is 0 Å². The fraction of sp³-hybridized carbons (Fsp3) is 0.462. The van der Waals surface area contributed by atoms with Crippen molar-refractivity contribution in [3.8, 4) is 11.3 Å². The minimum atomic E-state index is 0.675. The van der Waals surface area contributed by atoms with Gasteiger partial charge in [0.2, 0.25) is 0 Å². The van der Waals surface area contributed by atoms with Gasteiger partial charge in [0.1, 0.15) is 0 Å². The summed E-state index contributed by atoms with van der Waals surface area (Å²) in [5, 5.41) is 5.27. The topological polar surface area (TPSA) is 34.3 Å². The van der Waals surface area contributed by atoms with Gasteiger partial charge < -0.3 is 20.1 Å². The van der Waals surface area contributed by atoms with E-state index in [0.717, 1.165) is 13.1 Å². The number of para-hydroxylation sites is 1. The lowest BCUT2D eigenvalue weighted by Gasteiger charge is -2.38. The fourth-order valence-electron chi connectivity index (χ4n) is 5.24. The molecule has 0 atom stereocenters. The Bertz CT molecular complexity index is 991. The molecule has 0 amide bonds. The zero-order chi connectivity index (χ0) is 20.5. The van der Waals surface area contributed by atoms with Crippen molar-refractivity contribution in [2.45, 2.75) is 44.7 Å². The Hall–Kier alpha value is -2.30. The van der Waals surface area contributed by atoms with Crippen LogP contribution in [0.2, 0.25) is 0 Å². The van der Waals surface area contributed by atoms with Gasteiger partial charge in [-0.1, -0.05) is 30.3 Å². The summed E-state index contributed by atoms with van der Waals surface area (Å²) >= 11 is 0. The van der Waals surface area contributed by atoms with Crippen LogP contribution in [0.5, 0.6) is 0 Å². The number of likely N-dealkylation sites (tertiary alicyclic amines) is 1. The van der Waals surface area contributed by atoms with E-state index in [4.69, 9.17) is 0 Å². The summed E-state index contributed by atoms with van der Waals surface area (Å²) < 4.78 is 0. The molecule has 3 heterocycles. The summed E-state index contributed by atoms with van der Waals surface area (Å²) in [5.41, 5.74) is 6.44. The maximum atomic E-state index is 3.95. The largest absolute Gasteiger partial charge is 0.371 e. The van der Waals surface area contributed by atoms with Crippen LogP contribution in [0.1, 0.15) is 31.2 Å². The van der Waals surface area contributed by atoms with E-state index in [9.17, 15) is 0 Å². The quantitative estimate of drug-likeness (QED) is 0.658. The lowest BCUT2D eigenvalue weighted by Crippen LogP contribution is -2.49. The van der Waals surface area contributed by atoms with Crippen molar-refractivity contribution in [1.82, 2.24) is 15.2 Å². The van der Waals surface area contributed by atoms with Crippen molar-refractivity contribution in [3.63, 3.8) is 0 Å². The molecule has 3 aromatic rings. The third-order valence-electron chi connectivity index (χ3n) is 7.15. The van der Waals surface area contributed by atoms with Gasteiger partial charge in [0.25, 0.3) is 0 Å². The van der Waals surface area contributed by atoms with Crippen LogP contribution < -0.4 is 10.2 Å². The van der Waals surface area contributed by atoms with Gasteiger partial charge in [-0.3, -0.25) is 0 Å². The number of rotatable bonds is 4. The van der Waals surface area contributed by atoms with Crippen LogP contribution >= 0.6 is 0 Å². The Morgan fingerprint density at radius 2 is 1.57 bits per heavy atom. The van der Waals surface area contributed by atoms with E-state index in [1.807, 2.05) is 0 Å². The molecule has 158 valence electrons. The number of aromatic amines is 1. The highest BCUT2D eigenvalue weighted by molar-refractivity contribution is 5.90. The van der Waals surface area contributed by atoms with Crippen molar-refractivity contribution in [1.29, 1.82) is 0 Å². The van der Waals surface area contributed by atoms with Crippen molar-refractivity contribution in [3.05, 3.63) is 54.1 Å². The normalized spacial score (nSPS) is 19.6. The van der Waals surface area contributed by atoms with Crippen molar-refractivity contribution in [2.24, 2.45) is 0 Å². The Morgan fingerprint density at radius 3 is 2.30 bits per heavy atom. The average Bonchev–Trinajstić information content (AvgIpc) is 3.13. The van der Waals surface area contributed by atoms with Crippen molar-refractivity contribution >= 4 is 16.6 Å². The number of hydrogen-bond acceptors (Lipinski definition) is 3. The van der Waals surface area contributed by atoms with Gasteiger partial charge in [0.15, 0.2) is 0 Å². The summed E-state index contributed by atoms with van der Waals surface area (Å²) in [5.74, 6) is 0. The molecule has 2 saturated heterocycles. The third-order valence-corrected chi connectivity index (χ3v) is 7.15. The first-order chi connectivity index (χ1) is 14.7. The molecule has 2 fully saturated rings. The van der Waals surface area contributed by atoms with Gasteiger partial charge >= 0.3 is 0 Å². The zero-order valence-corrected chi connectivity index (χ0v) is 18.3. The number of aromatic nitrogens is 1. The van der Waals surface area contributed by atoms with Crippen LogP contribution in [0.15, 0.2) is 48.5 Å². The van der Waals surface area contributed by atoms with Gasteiger partial charge in [-0.05, 0) is 76.5 Å². The number of nitrogens with zero attached hydrogens (tertiary/aromatic N) is 2. The number of nitrogens with one attached hydrogen (secondary N) is 2. The van der Waals surface area contributed by atoms with Crippen molar-refractivity contribution in [2.75, 3.05) is 38.1 Å². The molecular weight excluding hydrogens is 368 g/mol. The molecule has 2 N–H and O–H groups in total. The van der Waals surface area contributed by atoms with E-state index in [1.165, 1.54) is 72.2 Å². The molecule has 1 aromatic heterocycles. The minimum absolute atomic E-state index is 0.675. The molecule has 0 saturated carbocycles. The van der Waals surface area contributed by atoms with Crippen LogP contribution in [0.25, 0.3) is 22.2 Å². The highest BCUT2D eigenvalue weighted by Crippen LogP contribution is 2.32. The van der Waals surface area contributed by atoms with Gasteiger partial charge in [0.05, 0.1) is 0 Å². The molecule has 0 unspecified atom stereocenters. The summed E-state index contributed by atoms with van der Waals surface area (Å²) in [7, 11) is 2.24. The van der Waals surface area contributed by atoms with Crippen LogP contribution in [0, 0.1) is 6.92 Å². The predicted octanol–water partition coefficient (Wildman–Crippen LogP) is 4.80. The molecule has 0 radical (unpaired) electrons. The number of fused-ring (bicyclic) bond motifs is 1. The lowest BCUT2D eigenvalue weighted by molar-refractivity contribution is 0.217. The molecule has 0 bridgehead atoms. The maximum absolute atomic E-state index is 3.95. The van der Waals surface area contributed by atoms with Gasteiger partial charge in [-0.15, -0.1) is 0 Å². The monoisotopic (exact) mass is 402 g/mol. The number of H-pyrrole nitrogens is 1. The van der Waals surface area contributed by atoms with E-state index < -0.39 is 0 Å². The Morgan fingerprint density at radius 1 is 0.867 bits per heavy atom. The van der Waals surface area contributed by atoms with E-state index in [1.54, 1.807) is 0 Å². The van der Waals surface area contributed by atoms with Crippen LogP contribution in [0.4, 0.5) is 5.69 Å². The van der Waals surface area contributed by atoms with Crippen LogP contribution in [0.3, 0.4) is 0 Å². The summed E-state index contributed by atoms with van der Waals surface area (Å²) in [6.45, 7) is 6.97. The molecule has 2 aliphatic rings. The Labute approximate surface area is 180 Å². The lowest BCUT2D eigenvalue weighted by atomic mass is 9.99. The summed E-state index contributed by atoms with van der Waals surface area (Å²) in [6, 6.07) is 19.0. The van der Waals surface area contributed by atoms with Gasteiger partial charge in [-0.25, -0.2) is 0 Å². The highest BCUT2D eigenvalue weighted by atomic mass is 15.2. The van der Waals surface area contributed by atoms with Gasteiger partial charge in [-0.2, -0.15) is 0 Å². The van der Waals surface area contributed by atoms with Crippen LogP contribution in [-0.4, -0.2) is 55.2 Å². The first-order valence-electron chi connectivity index (χ1n) is 11.5. The molecule has 2 aliphatic heterocycles. The summed E-state index contributed by atoms with van der Waals surface area (Å²) in [6.07, 6.45) is 5.06. The molecule has 0 spiro atoms. The smallest absolute Gasteiger partial charge is 0.0495 e. The standard InChI is InChI=1S/C26H34N4/c1-19-24-8-3-4-9-25(24)28-26(19)20-6-5-7-23(18-20)30-16-12-22(13-17-30)27-21-10-14-29(2)15-11-21/h3-9,18,21-22,27-28H,10-17H2,1-2H3. The average molecular weight is 403 g/mol. The van der Waals surface area contributed by atoms with Gasteiger partial charge in [0, 0.05) is 53.0 Å². The molecule has 2 aromatic carbocycles. The molecule has 30 heavy (non-hydrogen) atoms. The fourth-order valence-corrected chi connectivity index (χ4v) is 5.24. The number of anilines is 1. The molecule has 5 rings (SSSR count). The number of aryl methyl sites for hydroxylation is 1. The second-order valence-electron chi connectivity index (χ2n) is 9.23. The van der Waals surface area contributed by atoms with E-state index in [-0.39, 0.29) is 0 Å². The summed E-state index contributed by atoms with van der Waals surface area (Å²) in [4.78, 5) is 8.64. The first kappa shape index (κ1) is 19.7. The highest BCUT2D eigenvalue weighted by Gasteiger charge is 2.24. The first-order valence-corrected chi connectivity index (χ1v) is 11.5. The predicted molar refractivity (Wildman–Crippen MR) is 127 cm³/mol. The number of hydrogen-bond donors (Lipinski definition) is 2. The molecule has 4 nitrogen and oxygen atoms in total. The minimum Gasteiger partial charge on any atom is -0.371 e. The Balaban J connectivity index is 1.25. The Kier molecular flexibility index (Phi) is 5.53. The van der Waals surface area contributed by atoms with E-state index in [0.29, 0.717) is 12.1 Å².